The number of hydrogen-bond acceptors (Lipinski definition) is 29. The van der Waals surface area contributed by atoms with Crippen LogP contribution in [0, 0.1) is 0 Å². The molecule has 0 aliphatic rings. The summed E-state index contributed by atoms with van der Waals surface area (Å²) in [6.07, 6.45) is -0.859. The largest absolute Gasteiger partial charge is 1.00 e. The van der Waals surface area contributed by atoms with Crippen molar-refractivity contribution in [3.63, 3.8) is 0 Å². The Labute approximate surface area is 731 Å². The Morgan fingerprint density at radius 2 is 0.866 bits per heavy atom. The van der Waals surface area contributed by atoms with Gasteiger partial charge in [0.05, 0.1) is 85.8 Å². The van der Waals surface area contributed by atoms with E-state index >= 15 is 0 Å². The number of carbonyl (C=O) groups excluding carboxylic acids is 12. The van der Waals surface area contributed by atoms with Gasteiger partial charge in [0.15, 0.2) is 0 Å². The molecule has 5 rings (SSSR count). The number of para-hydroxylation sites is 2. The molecule has 480 valence electrons. The van der Waals surface area contributed by atoms with Gasteiger partial charge in [-0.1, -0.05) is 42.5 Å². The number of aromatic nitrogens is 2. The average Bonchev–Trinajstić information content (AvgIpc) is 1.64. The van der Waals surface area contributed by atoms with Gasteiger partial charge in [-0.25, -0.2) is 10.2 Å². The Bertz CT molecular complexity index is 3390. The fourth-order valence-electron chi connectivity index (χ4n) is 9.21. The van der Waals surface area contributed by atoms with Crippen LogP contribution < -0.4 is 325 Å². The number of nitrogens with zero attached hydrogens (tertiary/aromatic N) is 5. The van der Waals surface area contributed by atoms with Crippen LogP contribution in [0.5, 0.6) is 5.75 Å². The second-order valence-corrected chi connectivity index (χ2v) is 19.6. The summed E-state index contributed by atoms with van der Waals surface area (Å²) in [6, 6.07) is 17.6. The van der Waals surface area contributed by atoms with Crippen molar-refractivity contribution < 1.29 is 340 Å². The molecule has 4 amide bonds. The van der Waals surface area contributed by atoms with Gasteiger partial charge >= 0.3 is 242 Å². The first kappa shape index (κ1) is 101. The maximum atomic E-state index is 14.1. The topological polar surface area (TPSA) is 528 Å². The van der Waals surface area contributed by atoms with Crippen molar-refractivity contribution >= 4 is 93.3 Å². The number of carboxylic acids is 8. The van der Waals surface area contributed by atoms with Crippen molar-refractivity contribution in [2.75, 3.05) is 112 Å². The van der Waals surface area contributed by atoms with E-state index in [1.807, 2.05) is 0 Å². The Morgan fingerprint density at radius 3 is 1.30 bits per heavy atom. The number of amides is 4. The van der Waals surface area contributed by atoms with E-state index in [9.17, 15) is 98.4 Å². The first-order valence-electron chi connectivity index (χ1n) is 26.8. The van der Waals surface area contributed by atoms with Crippen LogP contribution in [0.2, 0.25) is 0 Å². The normalized spacial score (nSPS) is 10.5. The number of rotatable bonds is 39. The summed E-state index contributed by atoms with van der Waals surface area (Å²) >= 11 is 0. The second kappa shape index (κ2) is 52.8. The number of carbonyl (C=O) groups is 12. The monoisotopic (exact) mass is 1420 g/mol. The Balaban J connectivity index is -0.00000541. The molecule has 9 N–H and O–H groups in total. The summed E-state index contributed by atoms with van der Waals surface area (Å²) in [4.78, 5) is 153. The maximum Gasteiger partial charge on any atom is 1.00 e. The van der Waals surface area contributed by atoms with E-state index in [-0.39, 0.29) is 288 Å². The summed E-state index contributed by atoms with van der Waals surface area (Å²) in [7, 11) is 1.42. The van der Waals surface area contributed by atoms with Gasteiger partial charge in [-0.2, -0.15) is 0 Å². The minimum absolute atomic E-state index is 0. The van der Waals surface area contributed by atoms with Crippen molar-refractivity contribution in [3.05, 3.63) is 89.7 Å². The Morgan fingerprint density at radius 1 is 0.464 bits per heavy atom. The summed E-state index contributed by atoms with van der Waals surface area (Å²) in [5.41, 5.74) is 11.8. The minimum Gasteiger partial charge on any atom is -0.549 e. The standard InChI is InChI=1S/C54H68N14O21.8Na/c1-89-32-11-10-31(16-36-33-6-2-4-8-38(33)59-52(36)53(87)62-60-42(69)25-66(29-50(83)84)14-12-64(27-48(79)80)23-40(55-18-44(71)72)56-19-45(73)74)35(17-32)37-22-68(39-9-5-3-7-34(37)39)54(88)63-61-43(70)26-67(30-51(85)86)15-13-65(28-49(81)82)24-41(57-20-46(75)76)58-21-47(77)78;;;;;;;;/h2-11,17,22,40-41,55-59H,12-16,18-21,23-30H2,1H3,(H,60,69)(H,61,70)(H,62,87)(H,63,88)(H,71,72)(H,73,74)(H,75,76)(H,77,78)(H,79,80)(H,81,82)(H,83,84)(H,85,86);;;;;;;;/q;8*+1/p-8. The van der Waals surface area contributed by atoms with Crippen molar-refractivity contribution in [2.24, 2.45) is 0 Å². The first-order valence-corrected chi connectivity index (χ1v) is 26.8. The van der Waals surface area contributed by atoms with Gasteiger partial charge in [0.2, 0.25) is 0 Å². The van der Waals surface area contributed by atoms with Crippen LogP contribution in [-0.2, 0) is 54.4 Å². The number of nitrogens with one attached hydrogen (secondary N) is 9. The number of carboxylic acid groups (broad SMARTS) is 8. The van der Waals surface area contributed by atoms with Crippen LogP contribution in [0.15, 0.2) is 72.9 Å². The molecule has 0 fully saturated rings. The van der Waals surface area contributed by atoms with Gasteiger partial charge in [-0.3, -0.25) is 76.1 Å². The van der Waals surface area contributed by atoms with Gasteiger partial charge in [-0.05, 0) is 41.0 Å². The molecule has 0 atom stereocenters. The zero-order valence-electron chi connectivity index (χ0n) is 55.4. The van der Waals surface area contributed by atoms with E-state index in [1.54, 1.807) is 66.7 Å². The molecule has 2 aromatic heterocycles. The Kier molecular flexibility index (Phi) is 55.1. The first-order chi connectivity index (χ1) is 42.3. The van der Waals surface area contributed by atoms with Crippen LogP contribution in [0.1, 0.15) is 21.6 Å². The van der Waals surface area contributed by atoms with Crippen LogP contribution in [0.3, 0.4) is 0 Å². The van der Waals surface area contributed by atoms with E-state index in [4.69, 9.17) is 4.74 Å². The molecule has 0 aliphatic carbocycles. The molecule has 5 aromatic rings. The Hall–Kier alpha value is -2.14. The van der Waals surface area contributed by atoms with Gasteiger partial charge in [0, 0.05) is 126 Å². The molecule has 0 saturated heterocycles. The average molecular weight is 1430 g/mol. The number of aliphatic carboxylic acids is 8. The van der Waals surface area contributed by atoms with Crippen LogP contribution in [0.4, 0.5) is 4.79 Å². The molecule has 0 spiro atoms. The molecule has 2 heterocycles. The number of hydrogen-bond donors (Lipinski definition) is 9. The van der Waals surface area contributed by atoms with E-state index in [1.165, 1.54) is 17.9 Å². The van der Waals surface area contributed by atoms with E-state index in [0.717, 1.165) is 19.6 Å². The molecule has 0 unspecified atom stereocenters. The van der Waals surface area contributed by atoms with Crippen molar-refractivity contribution in [1.82, 2.24) is 72.1 Å². The third-order valence-electron chi connectivity index (χ3n) is 13.0. The number of hydrazine groups is 2. The molecule has 97 heavy (non-hydrogen) atoms. The number of fused-ring (bicyclic) bond motifs is 2. The molecule has 0 radical (unpaired) electrons. The number of H-pyrrole nitrogens is 1. The number of ether oxygens (including phenoxy) is 1. The van der Waals surface area contributed by atoms with Gasteiger partial charge in [0.25, 0.3) is 17.7 Å². The molecule has 3 aromatic carbocycles. The number of benzene rings is 3. The number of methoxy groups -OCH3 is 1. The predicted octanol–water partition coefficient (Wildman–Crippen LogP) is -38.0. The second-order valence-electron chi connectivity index (χ2n) is 19.6. The third-order valence-corrected chi connectivity index (χ3v) is 13.0. The molecular weight excluding hydrogens is 1360 g/mol. The minimum atomic E-state index is -1.64. The molecule has 0 bridgehead atoms. The predicted molar refractivity (Wildman–Crippen MR) is 288 cm³/mol. The van der Waals surface area contributed by atoms with Crippen LogP contribution >= 0.6 is 0 Å². The summed E-state index contributed by atoms with van der Waals surface area (Å²) in [5.74, 6) is -15.2. The smallest absolute Gasteiger partial charge is 0.549 e. The van der Waals surface area contributed by atoms with E-state index in [0.29, 0.717) is 49.8 Å². The molecule has 0 aliphatic heterocycles. The van der Waals surface area contributed by atoms with Gasteiger partial charge in [-0.15, -0.1) is 0 Å². The molecule has 43 heteroatoms. The SMILES string of the molecule is COc1ccc(Cc2c(C(=O)NNC(=O)CN(CCN(CC(=O)[O-])CC(NCC(=O)[O-])NCC(=O)[O-])CC(=O)[O-])[nH]c3ccccc23)c(-c2cn(C(=O)NNC(=O)CN(CCN(CC(=O)[O-])CC(NCC(=O)[O-])NCC(=O)[O-])CC(=O)[O-])c3ccccc23)c1.[Na+].[Na+].[Na+].[Na+].[Na+].[Na+].[Na+].[Na+]. The summed E-state index contributed by atoms with van der Waals surface area (Å²) in [5, 5.41) is 102. The third kappa shape index (κ3) is 36.7. The zero-order valence-corrected chi connectivity index (χ0v) is 71.4. The van der Waals surface area contributed by atoms with Crippen molar-refractivity contribution in [1.29, 1.82) is 0 Å². The molecular formula is C54H60N14Na8O21. The quantitative estimate of drug-likeness (QED) is 0.0100. The van der Waals surface area contributed by atoms with Gasteiger partial charge < -0.3 is 88.9 Å². The van der Waals surface area contributed by atoms with Crippen LogP contribution in [-0.4, -0.2) is 225 Å². The zero-order chi connectivity index (χ0) is 65.3. The van der Waals surface area contributed by atoms with E-state index < -0.39 is 149 Å². The van der Waals surface area contributed by atoms with Gasteiger partial charge in [0.1, 0.15) is 11.4 Å². The maximum absolute atomic E-state index is 14.1. The van der Waals surface area contributed by atoms with Crippen LogP contribution in [0.25, 0.3) is 32.9 Å². The summed E-state index contributed by atoms with van der Waals surface area (Å²) < 4.78 is 6.77. The summed E-state index contributed by atoms with van der Waals surface area (Å²) in [6.45, 7) is -9.84. The fraction of sp³-hybridized carbons (Fsp3) is 0.370. The molecule has 0 saturated carbocycles. The van der Waals surface area contributed by atoms with Crippen molar-refractivity contribution in [3.8, 4) is 16.9 Å². The van der Waals surface area contributed by atoms with E-state index in [2.05, 4.69) is 48.0 Å². The molecule has 35 nitrogen and oxygen atoms in total. The number of aromatic amines is 1. The fourth-order valence-corrected chi connectivity index (χ4v) is 9.21. The van der Waals surface area contributed by atoms with Crippen molar-refractivity contribution in [2.45, 2.75) is 18.8 Å².